The van der Waals surface area contributed by atoms with Gasteiger partial charge in [0.2, 0.25) is 0 Å². The van der Waals surface area contributed by atoms with Crippen LogP contribution in [0.3, 0.4) is 0 Å². The average Bonchev–Trinajstić information content (AvgIpc) is 2.60. The molecular formula is C15H21ClN2. The van der Waals surface area contributed by atoms with Crippen molar-refractivity contribution >= 4 is 22.5 Å². The van der Waals surface area contributed by atoms with E-state index in [1.807, 2.05) is 6.07 Å². The minimum atomic E-state index is 0.559. The Bertz CT molecular complexity index is 529. The van der Waals surface area contributed by atoms with E-state index in [1.165, 1.54) is 22.2 Å². The highest BCUT2D eigenvalue weighted by Gasteiger charge is 2.08. The normalized spacial score (nSPS) is 11.6. The zero-order valence-corrected chi connectivity index (χ0v) is 12.1. The summed E-state index contributed by atoms with van der Waals surface area (Å²) < 4.78 is 0. The summed E-state index contributed by atoms with van der Waals surface area (Å²) in [4.78, 5) is 3.42. The summed E-state index contributed by atoms with van der Waals surface area (Å²) in [6, 6.07) is 6.61. The fourth-order valence-electron chi connectivity index (χ4n) is 2.33. The molecule has 2 N–H and O–H groups in total. The van der Waals surface area contributed by atoms with Crippen LogP contribution in [0.2, 0.25) is 5.02 Å². The minimum Gasteiger partial charge on any atom is -0.358 e. The van der Waals surface area contributed by atoms with Crippen LogP contribution >= 0.6 is 11.6 Å². The Morgan fingerprint density at radius 1 is 1.33 bits per heavy atom. The summed E-state index contributed by atoms with van der Waals surface area (Å²) in [5.41, 5.74) is 3.85. The molecule has 0 radical (unpaired) electrons. The molecule has 2 aromatic rings. The van der Waals surface area contributed by atoms with Crippen molar-refractivity contribution in [3.63, 3.8) is 0 Å². The molecule has 0 aliphatic carbocycles. The summed E-state index contributed by atoms with van der Waals surface area (Å²) in [5, 5.41) is 5.53. The summed E-state index contributed by atoms with van der Waals surface area (Å²) in [6.45, 7) is 7.55. The molecule has 0 saturated heterocycles. The van der Waals surface area contributed by atoms with Crippen LogP contribution in [-0.2, 0) is 6.42 Å². The Balaban J connectivity index is 2.12. The Morgan fingerprint density at radius 2 is 2.11 bits per heavy atom. The molecule has 0 saturated carbocycles. The summed E-state index contributed by atoms with van der Waals surface area (Å²) in [7, 11) is 0. The second-order valence-electron chi connectivity index (χ2n) is 5.13. The molecule has 0 fully saturated rings. The molecule has 2 rings (SSSR count). The van der Waals surface area contributed by atoms with E-state index in [4.69, 9.17) is 11.6 Å². The van der Waals surface area contributed by atoms with Gasteiger partial charge in [0.1, 0.15) is 0 Å². The fraction of sp³-hybridized carbons (Fsp3) is 0.467. The largest absolute Gasteiger partial charge is 0.358 e. The number of H-pyrrole nitrogens is 1. The SMILES string of the molecule is Cc1[nH]c2ccc(Cl)cc2c1CCCNC(C)C. The zero-order valence-electron chi connectivity index (χ0n) is 11.3. The van der Waals surface area contributed by atoms with Crippen molar-refractivity contribution in [2.45, 2.75) is 39.7 Å². The molecule has 0 bridgehead atoms. The number of rotatable bonds is 5. The summed E-state index contributed by atoms with van der Waals surface area (Å²) in [6.07, 6.45) is 2.24. The van der Waals surface area contributed by atoms with E-state index in [9.17, 15) is 0 Å². The number of fused-ring (bicyclic) bond motifs is 1. The first-order chi connectivity index (χ1) is 8.58. The van der Waals surface area contributed by atoms with Crippen LogP contribution in [0.25, 0.3) is 10.9 Å². The van der Waals surface area contributed by atoms with Gasteiger partial charge in [-0.25, -0.2) is 0 Å². The van der Waals surface area contributed by atoms with Crippen molar-refractivity contribution in [1.82, 2.24) is 10.3 Å². The predicted molar refractivity (Wildman–Crippen MR) is 79.5 cm³/mol. The molecule has 98 valence electrons. The minimum absolute atomic E-state index is 0.559. The Morgan fingerprint density at radius 3 is 2.83 bits per heavy atom. The number of hydrogen-bond acceptors (Lipinski definition) is 1. The number of aromatic amines is 1. The third-order valence-corrected chi connectivity index (χ3v) is 3.47. The van der Waals surface area contributed by atoms with Gasteiger partial charge in [-0.05, 0) is 50.1 Å². The molecule has 0 aliphatic rings. The predicted octanol–water partition coefficient (Wildman–Crippen LogP) is 4.06. The Labute approximate surface area is 114 Å². The van der Waals surface area contributed by atoms with Gasteiger partial charge in [0, 0.05) is 27.7 Å². The molecule has 0 atom stereocenters. The van der Waals surface area contributed by atoms with Gasteiger partial charge in [0.15, 0.2) is 0 Å². The highest BCUT2D eigenvalue weighted by molar-refractivity contribution is 6.31. The van der Waals surface area contributed by atoms with Gasteiger partial charge in [-0.3, -0.25) is 0 Å². The van der Waals surface area contributed by atoms with Gasteiger partial charge < -0.3 is 10.3 Å². The van der Waals surface area contributed by atoms with Crippen LogP contribution in [0.4, 0.5) is 0 Å². The molecule has 0 amide bonds. The fourth-order valence-corrected chi connectivity index (χ4v) is 2.50. The molecule has 1 heterocycles. The van der Waals surface area contributed by atoms with Gasteiger partial charge in [0.05, 0.1) is 0 Å². The van der Waals surface area contributed by atoms with Crippen LogP contribution in [-0.4, -0.2) is 17.6 Å². The van der Waals surface area contributed by atoms with Crippen molar-refractivity contribution in [3.05, 3.63) is 34.5 Å². The number of aryl methyl sites for hydroxylation is 2. The first kappa shape index (κ1) is 13.4. The maximum atomic E-state index is 6.08. The zero-order chi connectivity index (χ0) is 13.1. The van der Waals surface area contributed by atoms with Crippen LogP contribution in [0.5, 0.6) is 0 Å². The number of halogens is 1. The first-order valence-corrected chi connectivity index (χ1v) is 6.96. The maximum Gasteiger partial charge on any atom is 0.0459 e. The van der Waals surface area contributed by atoms with Crippen LogP contribution < -0.4 is 5.32 Å². The van der Waals surface area contributed by atoms with E-state index in [0.717, 1.165) is 24.4 Å². The number of aromatic nitrogens is 1. The van der Waals surface area contributed by atoms with Crippen molar-refractivity contribution in [1.29, 1.82) is 0 Å². The molecule has 1 aromatic heterocycles. The maximum absolute atomic E-state index is 6.08. The lowest BCUT2D eigenvalue weighted by atomic mass is 10.1. The van der Waals surface area contributed by atoms with Gasteiger partial charge >= 0.3 is 0 Å². The molecule has 0 aliphatic heterocycles. The van der Waals surface area contributed by atoms with Crippen LogP contribution in [0.15, 0.2) is 18.2 Å². The lowest BCUT2D eigenvalue weighted by molar-refractivity contribution is 0.570. The van der Waals surface area contributed by atoms with E-state index < -0.39 is 0 Å². The third-order valence-electron chi connectivity index (χ3n) is 3.24. The molecule has 0 spiro atoms. The Kier molecular flexibility index (Phi) is 4.31. The molecule has 0 unspecified atom stereocenters. The standard InChI is InChI=1S/C15H21ClN2/c1-10(2)17-8-4-5-13-11(3)18-15-7-6-12(16)9-14(13)15/h6-7,9-10,17-18H,4-5,8H2,1-3H3. The number of benzene rings is 1. The highest BCUT2D eigenvalue weighted by Crippen LogP contribution is 2.26. The highest BCUT2D eigenvalue weighted by atomic mass is 35.5. The van der Waals surface area contributed by atoms with Crippen LogP contribution in [0, 0.1) is 6.92 Å². The van der Waals surface area contributed by atoms with Gasteiger partial charge in [0.25, 0.3) is 0 Å². The van der Waals surface area contributed by atoms with E-state index in [2.05, 4.69) is 43.2 Å². The average molecular weight is 265 g/mol. The molecular weight excluding hydrogens is 244 g/mol. The van der Waals surface area contributed by atoms with Crippen molar-refractivity contribution in [3.8, 4) is 0 Å². The lowest BCUT2D eigenvalue weighted by Gasteiger charge is -2.07. The topological polar surface area (TPSA) is 27.8 Å². The second-order valence-corrected chi connectivity index (χ2v) is 5.57. The van der Waals surface area contributed by atoms with Crippen molar-refractivity contribution < 1.29 is 0 Å². The number of nitrogens with one attached hydrogen (secondary N) is 2. The third kappa shape index (κ3) is 3.06. The van der Waals surface area contributed by atoms with Crippen LogP contribution in [0.1, 0.15) is 31.5 Å². The monoisotopic (exact) mass is 264 g/mol. The van der Waals surface area contributed by atoms with Gasteiger partial charge in [-0.2, -0.15) is 0 Å². The summed E-state index contributed by atoms with van der Waals surface area (Å²) >= 11 is 6.08. The van der Waals surface area contributed by atoms with E-state index in [-0.39, 0.29) is 0 Å². The first-order valence-electron chi connectivity index (χ1n) is 6.58. The van der Waals surface area contributed by atoms with E-state index in [1.54, 1.807) is 0 Å². The molecule has 1 aromatic carbocycles. The van der Waals surface area contributed by atoms with Crippen molar-refractivity contribution in [2.24, 2.45) is 0 Å². The smallest absolute Gasteiger partial charge is 0.0459 e. The van der Waals surface area contributed by atoms with Gasteiger partial charge in [-0.1, -0.05) is 25.4 Å². The van der Waals surface area contributed by atoms with Crippen molar-refractivity contribution in [2.75, 3.05) is 6.54 Å². The second kappa shape index (κ2) is 5.77. The number of hydrogen-bond donors (Lipinski definition) is 2. The van der Waals surface area contributed by atoms with E-state index >= 15 is 0 Å². The quantitative estimate of drug-likeness (QED) is 0.783. The molecule has 3 heteroatoms. The molecule has 18 heavy (non-hydrogen) atoms. The lowest BCUT2D eigenvalue weighted by Crippen LogP contribution is -2.23. The summed E-state index contributed by atoms with van der Waals surface area (Å²) in [5.74, 6) is 0. The van der Waals surface area contributed by atoms with Gasteiger partial charge in [-0.15, -0.1) is 0 Å². The Hall–Kier alpha value is -0.990. The van der Waals surface area contributed by atoms with E-state index in [0.29, 0.717) is 6.04 Å². The molecule has 2 nitrogen and oxygen atoms in total.